The minimum Gasteiger partial charge on any atom is -0.481 e. The highest BCUT2D eigenvalue weighted by molar-refractivity contribution is 5.95. The lowest BCUT2D eigenvalue weighted by molar-refractivity contribution is -0.137. The van der Waals surface area contributed by atoms with Gasteiger partial charge < -0.3 is 14.9 Å². The Hall–Kier alpha value is -1.93. The Morgan fingerprint density at radius 2 is 1.93 bits per heavy atom. The highest BCUT2D eigenvalue weighted by Gasteiger charge is 2.36. The van der Waals surface area contributed by atoms with Crippen molar-refractivity contribution in [1.82, 2.24) is 24.5 Å². The molecule has 28 heavy (non-hydrogen) atoms. The van der Waals surface area contributed by atoms with E-state index in [1.165, 1.54) is 0 Å². The fourth-order valence-electron chi connectivity index (χ4n) is 4.58. The standard InChI is InChI=1S/C20H33N5O3/c1-4-25-15(2)17(13-21-25)20(28)24-8-7-18(16(14-24)5-6-19(26)27)23-11-9-22(3)10-12-23/h13,16,18H,4-12,14H2,1-3H3,(H,26,27)/t16-,18+/m0/s1. The normalized spacial score (nSPS) is 24.5. The summed E-state index contributed by atoms with van der Waals surface area (Å²) in [5.41, 5.74) is 1.56. The lowest BCUT2D eigenvalue weighted by atomic mass is 9.86. The van der Waals surface area contributed by atoms with Gasteiger partial charge >= 0.3 is 5.97 Å². The van der Waals surface area contributed by atoms with Crippen LogP contribution in [0.3, 0.4) is 0 Å². The molecule has 2 aliphatic rings. The lowest BCUT2D eigenvalue weighted by Gasteiger charge is -2.46. The first-order valence-electron chi connectivity index (χ1n) is 10.4. The second kappa shape index (κ2) is 9.05. The first kappa shape index (κ1) is 20.8. The minimum atomic E-state index is -0.763. The van der Waals surface area contributed by atoms with Gasteiger partial charge in [0.1, 0.15) is 0 Å². The summed E-state index contributed by atoms with van der Waals surface area (Å²) in [5, 5.41) is 13.5. The van der Waals surface area contributed by atoms with Crippen LogP contribution in [0.1, 0.15) is 42.2 Å². The molecule has 3 rings (SSSR count). The van der Waals surface area contributed by atoms with Crippen molar-refractivity contribution in [3.05, 3.63) is 17.5 Å². The number of aryl methyl sites for hydroxylation is 1. The molecule has 0 aromatic carbocycles. The molecule has 0 aliphatic carbocycles. The molecule has 0 unspecified atom stereocenters. The van der Waals surface area contributed by atoms with Crippen molar-refractivity contribution >= 4 is 11.9 Å². The number of carbonyl (C=O) groups is 2. The van der Waals surface area contributed by atoms with Gasteiger partial charge in [0.15, 0.2) is 0 Å². The Kier molecular flexibility index (Phi) is 6.72. The first-order chi connectivity index (χ1) is 13.4. The van der Waals surface area contributed by atoms with Gasteiger partial charge in [-0.3, -0.25) is 19.2 Å². The van der Waals surface area contributed by atoms with Crippen LogP contribution in [0.15, 0.2) is 6.20 Å². The molecule has 1 aromatic rings. The van der Waals surface area contributed by atoms with Gasteiger partial charge in [-0.1, -0.05) is 0 Å². The number of carboxylic acid groups (broad SMARTS) is 1. The Morgan fingerprint density at radius 1 is 1.21 bits per heavy atom. The number of likely N-dealkylation sites (tertiary alicyclic amines) is 1. The summed E-state index contributed by atoms with van der Waals surface area (Å²) in [5.74, 6) is -0.547. The molecular weight excluding hydrogens is 358 g/mol. The Bertz CT molecular complexity index is 696. The number of carbonyl (C=O) groups excluding carboxylic acids is 1. The molecule has 0 bridgehead atoms. The van der Waals surface area contributed by atoms with Gasteiger partial charge in [0.2, 0.25) is 0 Å². The maximum Gasteiger partial charge on any atom is 0.303 e. The number of carboxylic acids is 1. The van der Waals surface area contributed by atoms with E-state index in [4.69, 9.17) is 0 Å². The lowest BCUT2D eigenvalue weighted by Crippen LogP contribution is -2.57. The monoisotopic (exact) mass is 391 g/mol. The number of hydrogen-bond donors (Lipinski definition) is 1. The third-order valence-corrected chi connectivity index (χ3v) is 6.35. The molecule has 0 saturated carbocycles. The van der Waals surface area contributed by atoms with Gasteiger partial charge in [0.25, 0.3) is 5.91 Å². The van der Waals surface area contributed by atoms with E-state index in [2.05, 4.69) is 21.9 Å². The number of nitrogens with zero attached hydrogens (tertiary/aromatic N) is 5. The van der Waals surface area contributed by atoms with Gasteiger partial charge in [-0.25, -0.2) is 0 Å². The fourth-order valence-corrected chi connectivity index (χ4v) is 4.58. The van der Waals surface area contributed by atoms with E-state index < -0.39 is 5.97 Å². The van der Waals surface area contributed by atoms with E-state index in [9.17, 15) is 14.7 Å². The van der Waals surface area contributed by atoms with E-state index in [1.807, 2.05) is 23.4 Å². The predicted octanol–water partition coefficient (Wildman–Crippen LogP) is 1.15. The summed E-state index contributed by atoms with van der Waals surface area (Å²) < 4.78 is 1.84. The molecule has 1 aromatic heterocycles. The summed E-state index contributed by atoms with van der Waals surface area (Å²) in [7, 11) is 2.14. The molecule has 0 radical (unpaired) electrons. The van der Waals surface area contributed by atoms with Crippen LogP contribution in [0.5, 0.6) is 0 Å². The number of aromatic nitrogens is 2. The topological polar surface area (TPSA) is 81.9 Å². The third-order valence-electron chi connectivity index (χ3n) is 6.35. The quantitative estimate of drug-likeness (QED) is 0.784. The van der Waals surface area contributed by atoms with Crippen LogP contribution in [-0.2, 0) is 11.3 Å². The molecule has 8 heteroatoms. The Morgan fingerprint density at radius 3 is 2.54 bits per heavy atom. The average molecular weight is 392 g/mol. The number of likely N-dealkylation sites (N-methyl/N-ethyl adjacent to an activating group) is 1. The van der Waals surface area contributed by atoms with Crippen LogP contribution in [0.2, 0.25) is 0 Å². The molecule has 0 spiro atoms. The molecule has 3 heterocycles. The SMILES string of the molecule is CCn1ncc(C(=O)N2CC[C@@H](N3CCN(C)CC3)[C@@H](CCC(=O)O)C2)c1C. The number of aliphatic carboxylic acids is 1. The maximum absolute atomic E-state index is 13.1. The van der Waals surface area contributed by atoms with E-state index in [0.29, 0.717) is 24.6 Å². The maximum atomic E-state index is 13.1. The van der Waals surface area contributed by atoms with Gasteiger partial charge in [-0.05, 0) is 39.7 Å². The summed E-state index contributed by atoms with van der Waals surface area (Å²) in [6.07, 6.45) is 3.34. The molecule has 2 aliphatic heterocycles. The number of piperazine rings is 1. The molecule has 2 fully saturated rings. The van der Waals surface area contributed by atoms with Crippen LogP contribution in [0, 0.1) is 12.8 Å². The molecular formula is C20H33N5O3. The van der Waals surface area contributed by atoms with Crippen molar-refractivity contribution in [2.75, 3.05) is 46.3 Å². The molecule has 156 valence electrons. The molecule has 2 saturated heterocycles. The van der Waals surface area contributed by atoms with Crippen molar-refractivity contribution in [3.63, 3.8) is 0 Å². The predicted molar refractivity (Wildman–Crippen MR) is 106 cm³/mol. The first-order valence-corrected chi connectivity index (χ1v) is 10.4. The highest BCUT2D eigenvalue weighted by atomic mass is 16.4. The summed E-state index contributed by atoms with van der Waals surface area (Å²) in [6.45, 7) is 10.1. The number of rotatable bonds is 6. The number of piperidine rings is 1. The summed E-state index contributed by atoms with van der Waals surface area (Å²) >= 11 is 0. The van der Waals surface area contributed by atoms with E-state index >= 15 is 0 Å². The third kappa shape index (κ3) is 4.55. The van der Waals surface area contributed by atoms with Crippen LogP contribution in [-0.4, -0.2) is 93.8 Å². The van der Waals surface area contributed by atoms with Crippen molar-refractivity contribution in [1.29, 1.82) is 0 Å². The van der Waals surface area contributed by atoms with Gasteiger partial charge in [-0.15, -0.1) is 0 Å². The zero-order valence-corrected chi connectivity index (χ0v) is 17.3. The van der Waals surface area contributed by atoms with Crippen molar-refractivity contribution in [2.24, 2.45) is 5.92 Å². The van der Waals surface area contributed by atoms with E-state index in [-0.39, 0.29) is 18.2 Å². The van der Waals surface area contributed by atoms with Crippen LogP contribution < -0.4 is 0 Å². The van der Waals surface area contributed by atoms with Gasteiger partial charge in [0, 0.05) is 64.0 Å². The Labute approximate surface area is 167 Å². The molecule has 8 nitrogen and oxygen atoms in total. The number of amides is 1. The zero-order valence-electron chi connectivity index (χ0n) is 17.3. The number of hydrogen-bond acceptors (Lipinski definition) is 5. The van der Waals surface area contributed by atoms with Crippen LogP contribution in [0.25, 0.3) is 0 Å². The molecule has 2 atom stereocenters. The van der Waals surface area contributed by atoms with Crippen LogP contribution in [0.4, 0.5) is 0 Å². The Balaban J connectivity index is 1.71. The second-order valence-electron chi connectivity index (χ2n) is 8.10. The fraction of sp³-hybridized carbons (Fsp3) is 0.750. The zero-order chi connectivity index (χ0) is 20.3. The van der Waals surface area contributed by atoms with E-state index in [0.717, 1.165) is 51.4 Å². The van der Waals surface area contributed by atoms with Crippen molar-refractivity contribution in [3.8, 4) is 0 Å². The van der Waals surface area contributed by atoms with Gasteiger partial charge in [-0.2, -0.15) is 5.10 Å². The second-order valence-corrected chi connectivity index (χ2v) is 8.10. The summed E-state index contributed by atoms with van der Waals surface area (Å²) in [4.78, 5) is 31.0. The summed E-state index contributed by atoms with van der Waals surface area (Å²) in [6, 6.07) is 0.358. The minimum absolute atomic E-state index is 0.0225. The van der Waals surface area contributed by atoms with Crippen molar-refractivity contribution < 1.29 is 14.7 Å². The molecule has 1 N–H and O–H groups in total. The molecule has 1 amide bonds. The van der Waals surface area contributed by atoms with Gasteiger partial charge in [0.05, 0.1) is 11.8 Å². The average Bonchev–Trinajstić information content (AvgIpc) is 3.06. The van der Waals surface area contributed by atoms with E-state index in [1.54, 1.807) is 6.20 Å². The van der Waals surface area contributed by atoms with Crippen molar-refractivity contribution in [2.45, 2.75) is 45.7 Å². The largest absolute Gasteiger partial charge is 0.481 e. The van der Waals surface area contributed by atoms with Crippen LogP contribution >= 0.6 is 0 Å². The smallest absolute Gasteiger partial charge is 0.303 e. The highest BCUT2D eigenvalue weighted by Crippen LogP contribution is 2.28.